The molecular formula is C13H13N3O4. The molecule has 0 spiro atoms. The van der Waals surface area contributed by atoms with E-state index in [1.165, 1.54) is 12.1 Å². The lowest BCUT2D eigenvalue weighted by atomic mass is 10.0. The quantitative estimate of drug-likeness (QED) is 0.822. The molecule has 2 rings (SSSR count). The van der Waals surface area contributed by atoms with Gasteiger partial charge in [0.05, 0.1) is 12.2 Å². The first-order chi connectivity index (χ1) is 9.54. The summed E-state index contributed by atoms with van der Waals surface area (Å²) in [6.45, 7) is 3.68. The van der Waals surface area contributed by atoms with Gasteiger partial charge in [0.2, 0.25) is 0 Å². The Balaban J connectivity index is 2.45. The van der Waals surface area contributed by atoms with Crippen LogP contribution < -0.4 is 0 Å². The third kappa shape index (κ3) is 2.51. The number of carboxylic acids is 1. The van der Waals surface area contributed by atoms with Gasteiger partial charge in [0.15, 0.2) is 5.69 Å². The summed E-state index contributed by atoms with van der Waals surface area (Å²) in [5.41, 5.74) is 1.92. The molecule has 2 aromatic rings. The number of benzene rings is 1. The minimum absolute atomic E-state index is 0.0815. The van der Waals surface area contributed by atoms with Gasteiger partial charge in [-0.25, -0.2) is 9.59 Å². The van der Waals surface area contributed by atoms with Gasteiger partial charge in [0.25, 0.3) is 0 Å². The van der Waals surface area contributed by atoms with Crippen LogP contribution >= 0.6 is 0 Å². The monoisotopic (exact) mass is 275 g/mol. The van der Waals surface area contributed by atoms with Crippen molar-refractivity contribution in [2.24, 2.45) is 0 Å². The predicted octanol–water partition coefficient (Wildman–Crippen LogP) is 1.66. The highest BCUT2D eigenvalue weighted by Gasteiger charge is 2.20. The Morgan fingerprint density at radius 1 is 1.35 bits per heavy atom. The Kier molecular flexibility index (Phi) is 3.79. The highest BCUT2D eigenvalue weighted by Crippen LogP contribution is 2.25. The Bertz CT molecular complexity index is 663. The molecule has 0 saturated carbocycles. The van der Waals surface area contributed by atoms with Crippen molar-refractivity contribution in [3.63, 3.8) is 0 Å². The fourth-order valence-corrected chi connectivity index (χ4v) is 1.82. The zero-order chi connectivity index (χ0) is 14.7. The van der Waals surface area contributed by atoms with E-state index in [0.717, 1.165) is 0 Å². The number of carbonyl (C=O) groups is 2. The molecule has 0 bridgehead atoms. The van der Waals surface area contributed by atoms with Crippen molar-refractivity contribution in [3.8, 4) is 11.3 Å². The van der Waals surface area contributed by atoms with Crippen LogP contribution in [0.4, 0.5) is 0 Å². The van der Waals surface area contributed by atoms with E-state index in [0.29, 0.717) is 16.8 Å². The third-order valence-electron chi connectivity index (χ3n) is 2.75. The topological polar surface area (TPSA) is 105 Å². The first-order valence-corrected chi connectivity index (χ1v) is 5.96. The van der Waals surface area contributed by atoms with Crippen LogP contribution in [0.15, 0.2) is 18.2 Å². The van der Waals surface area contributed by atoms with E-state index in [4.69, 9.17) is 9.84 Å². The Labute approximate surface area is 114 Å². The lowest BCUT2D eigenvalue weighted by Crippen LogP contribution is -2.07. The van der Waals surface area contributed by atoms with Crippen molar-refractivity contribution in [2.45, 2.75) is 13.8 Å². The molecule has 1 heterocycles. The average Bonchev–Trinajstić information content (AvgIpc) is 2.87. The summed E-state index contributed by atoms with van der Waals surface area (Å²) < 4.78 is 4.89. The van der Waals surface area contributed by atoms with E-state index in [1.807, 2.05) is 0 Å². The predicted molar refractivity (Wildman–Crippen MR) is 69.5 cm³/mol. The first-order valence-electron chi connectivity index (χ1n) is 5.96. The van der Waals surface area contributed by atoms with Gasteiger partial charge < -0.3 is 9.84 Å². The van der Waals surface area contributed by atoms with E-state index < -0.39 is 11.9 Å². The summed E-state index contributed by atoms with van der Waals surface area (Å²) in [7, 11) is 0. The highest BCUT2D eigenvalue weighted by molar-refractivity contribution is 5.95. The molecule has 0 aliphatic carbocycles. The number of esters is 1. The van der Waals surface area contributed by atoms with Gasteiger partial charge in [-0.15, -0.1) is 5.10 Å². The van der Waals surface area contributed by atoms with Gasteiger partial charge in [-0.2, -0.15) is 10.3 Å². The number of rotatable bonds is 4. The van der Waals surface area contributed by atoms with Crippen molar-refractivity contribution in [3.05, 3.63) is 35.0 Å². The van der Waals surface area contributed by atoms with Crippen molar-refractivity contribution >= 4 is 11.9 Å². The van der Waals surface area contributed by atoms with Gasteiger partial charge in [-0.3, -0.25) is 0 Å². The van der Waals surface area contributed by atoms with Crippen LogP contribution in [-0.4, -0.2) is 39.1 Å². The maximum absolute atomic E-state index is 11.7. The fourth-order valence-electron chi connectivity index (χ4n) is 1.82. The maximum Gasteiger partial charge on any atom is 0.361 e. The van der Waals surface area contributed by atoms with Crippen LogP contribution in [0, 0.1) is 6.92 Å². The lowest BCUT2D eigenvalue weighted by molar-refractivity contribution is 0.0519. The molecule has 0 atom stereocenters. The lowest BCUT2D eigenvalue weighted by Gasteiger charge is -2.05. The van der Waals surface area contributed by atoms with Crippen molar-refractivity contribution in [1.82, 2.24) is 15.4 Å². The zero-order valence-electron chi connectivity index (χ0n) is 11.0. The van der Waals surface area contributed by atoms with Crippen LogP contribution in [0.1, 0.15) is 33.3 Å². The normalized spacial score (nSPS) is 10.3. The number of aromatic nitrogens is 3. The van der Waals surface area contributed by atoms with E-state index in [1.54, 1.807) is 19.9 Å². The van der Waals surface area contributed by atoms with E-state index in [9.17, 15) is 9.59 Å². The van der Waals surface area contributed by atoms with Crippen molar-refractivity contribution in [2.75, 3.05) is 6.61 Å². The van der Waals surface area contributed by atoms with Gasteiger partial charge in [0, 0.05) is 5.56 Å². The number of ether oxygens (including phenoxy) is 1. The number of carbonyl (C=O) groups excluding carboxylic acids is 1. The number of aromatic amines is 1. The van der Waals surface area contributed by atoms with E-state index in [-0.39, 0.29) is 17.9 Å². The number of aryl methyl sites for hydroxylation is 1. The van der Waals surface area contributed by atoms with Crippen molar-refractivity contribution in [1.29, 1.82) is 0 Å². The van der Waals surface area contributed by atoms with Crippen LogP contribution in [0.3, 0.4) is 0 Å². The molecule has 0 fully saturated rings. The average molecular weight is 275 g/mol. The molecule has 0 saturated heterocycles. The Morgan fingerprint density at radius 2 is 2.10 bits per heavy atom. The first kappa shape index (κ1) is 13.7. The summed E-state index contributed by atoms with van der Waals surface area (Å²) in [6, 6.07) is 4.56. The molecule has 0 unspecified atom stereocenters. The Morgan fingerprint density at radius 3 is 2.70 bits per heavy atom. The van der Waals surface area contributed by atoms with Gasteiger partial charge in [0.1, 0.15) is 5.69 Å². The number of nitrogens with zero attached hydrogens (tertiary/aromatic N) is 2. The molecule has 20 heavy (non-hydrogen) atoms. The molecule has 104 valence electrons. The largest absolute Gasteiger partial charge is 0.478 e. The van der Waals surface area contributed by atoms with Crippen LogP contribution in [0.2, 0.25) is 0 Å². The Hall–Kier alpha value is -2.70. The van der Waals surface area contributed by atoms with Gasteiger partial charge in [-0.05, 0) is 31.5 Å². The number of carboxylic acid groups (broad SMARTS) is 1. The smallest absolute Gasteiger partial charge is 0.361 e. The molecule has 7 nitrogen and oxygen atoms in total. The molecule has 2 N–H and O–H groups in total. The molecule has 1 aromatic heterocycles. The number of hydrogen-bond donors (Lipinski definition) is 2. The minimum Gasteiger partial charge on any atom is -0.478 e. The van der Waals surface area contributed by atoms with Crippen LogP contribution in [0.5, 0.6) is 0 Å². The second-order valence-electron chi connectivity index (χ2n) is 4.08. The standard InChI is InChI=1S/C13H13N3O4/c1-3-20-13(19)11-10(14-16-15-11)9-5-4-8(12(17)18)6-7(9)2/h4-6H,3H2,1-2H3,(H,17,18)(H,14,15,16). The minimum atomic E-state index is -1.01. The number of hydrogen-bond acceptors (Lipinski definition) is 5. The zero-order valence-corrected chi connectivity index (χ0v) is 11.0. The summed E-state index contributed by atoms with van der Waals surface area (Å²) in [5, 5.41) is 19.0. The maximum atomic E-state index is 11.7. The molecule has 7 heteroatoms. The van der Waals surface area contributed by atoms with E-state index in [2.05, 4.69) is 15.4 Å². The van der Waals surface area contributed by atoms with Crippen molar-refractivity contribution < 1.29 is 19.4 Å². The fraction of sp³-hybridized carbons (Fsp3) is 0.231. The second kappa shape index (κ2) is 5.52. The van der Waals surface area contributed by atoms with Gasteiger partial charge >= 0.3 is 11.9 Å². The molecule has 0 amide bonds. The summed E-state index contributed by atoms with van der Waals surface area (Å²) in [6.07, 6.45) is 0. The summed E-state index contributed by atoms with van der Waals surface area (Å²) in [4.78, 5) is 22.7. The van der Waals surface area contributed by atoms with Crippen LogP contribution in [-0.2, 0) is 4.74 Å². The highest BCUT2D eigenvalue weighted by atomic mass is 16.5. The number of nitrogens with one attached hydrogen (secondary N) is 1. The summed E-state index contributed by atoms with van der Waals surface area (Å²) in [5.74, 6) is -1.58. The molecule has 0 aliphatic rings. The second-order valence-corrected chi connectivity index (χ2v) is 4.08. The number of aromatic carboxylic acids is 1. The SMILES string of the molecule is CCOC(=O)c1n[nH]nc1-c1ccc(C(=O)O)cc1C. The number of H-pyrrole nitrogens is 1. The van der Waals surface area contributed by atoms with E-state index >= 15 is 0 Å². The molecule has 0 radical (unpaired) electrons. The molecule has 1 aromatic carbocycles. The molecule has 0 aliphatic heterocycles. The van der Waals surface area contributed by atoms with Gasteiger partial charge in [-0.1, -0.05) is 6.07 Å². The third-order valence-corrected chi connectivity index (χ3v) is 2.75. The summed E-state index contributed by atoms with van der Waals surface area (Å²) >= 11 is 0. The van der Waals surface area contributed by atoms with Crippen LogP contribution in [0.25, 0.3) is 11.3 Å². The molecular weight excluding hydrogens is 262 g/mol.